The van der Waals surface area contributed by atoms with E-state index in [2.05, 4.69) is 15.3 Å². The lowest BCUT2D eigenvalue weighted by molar-refractivity contribution is 0.628. The van der Waals surface area contributed by atoms with E-state index >= 15 is 0 Å². The predicted octanol–water partition coefficient (Wildman–Crippen LogP) is 3.24. The summed E-state index contributed by atoms with van der Waals surface area (Å²) >= 11 is 11.6. The van der Waals surface area contributed by atoms with Gasteiger partial charge >= 0.3 is 0 Å². The number of hydrogen-bond acceptors (Lipinski definition) is 3. The smallest absolute Gasteiger partial charge is 0.185 e. The first-order valence-corrected chi connectivity index (χ1v) is 5.74. The molecule has 0 atom stereocenters. The number of rotatable bonds is 1. The van der Waals surface area contributed by atoms with Gasteiger partial charge in [-0.1, -0.05) is 23.2 Å². The van der Waals surface area contributed by atoms with Gasteiger partial charge < -0.3 is 0 Å². The topological polar surface area (TPSA) is 43.1 Å². The molecule has 90 valence electrons. The summed E-state index contributed by atoms with van der Waals surface area (Å²) in [4.78, 5) is 0. The molecule has 0 spiro atoms. The Labute approximate surface area is 111 Å². The molecule has 0 bridgehead atoms. The lowest BCUT2D eigenvalue weighted by atomic mass is 10.2. The van der Waals surface area contributed by atoms with Gasteiger partial charge in [-0.25, -0.2) is 4.39 Å². The molecule has 3 aromatic rings. The molecule has 0 aliphatic carbocycles. The molecule has 3 rings (SSSR count). The molecule has 7 heteroatoms. The second-order valence-corrected chi connectivity index (χ2v) is 4.37. The average molecular weight is 283 g/mol. The molecule has 1 aromatic carbocycles. The summed E-state index contributed by atoms with van der Waals surface area (Å²) in [6, 6.07) is 7.60. The van der Waals surface area contributed by atoms with Crippen molar-refractivity contribution >= 4 is 28.8 Å². The van der Waals surface area contributed by atoms with Crippen LogP contribution < -0.4 is 0 Å². The maximum atomic E-state index is 13.1. The quantitative estimate of drug-likeness (QED) is 0.688. The van der Waals surface area contributed by atoms with Crippen LogP contribution in [-0.4, -0.2) is 19.8 Å². The zero-order chi connectivity index (χ0) is 12.7. The fourth-order valence-electron chi connectivity index (χ4n) is 1.58. The van der Waals surface area contributed by atoms with Crippen molar-refractivity contribution in [1.82, 2.24) is 19.8 Å². The van der Waals surface area contributed by atoms with Crippen LogP contribution in [0.2, 0.25) is 10.2 Å². The van der Waals surface area contributed by atoms with Crippen LogP contribution in [0, 0.1) is 5.82 Å². The Morgan fingerprint density at radius 2 is 1.89 bits per heavy atom. The average Bonchev–Trinajstić information content (AvgIpc) is 2.75. The Morgan fingerprint density at radius 3 is 2.67 bits per heavy atom. The van der Waals surface area contributed by atoms with Crippen LogP contribution in [0.15, 0.2) is 30.3 Å². The summed E-state index contributed by atoms with van der Waals surface area (Å²) in [5, 5.41) is 12.4. The van der Waals surface area contributed by atoms with Crippen molar-refractivity contribution in [3.05, 3.63) is 46.3 Å². The van der Waals surface area contributed by atoms with Gasteiger partial charge in [0.2, 0.25) is 0 Å². The molecule has 4 nitrogen and oxygen atoms in total. The molecule has 2 aromatic heterocycles. The minimum Gasteiger partial charge on any atom is -0.205 e. The van der Waals surface area contributed by atoms with Gasteiger partial charge in [-0.2, -0.15) is 9.61 Å². The number of fused-ring (bicyclic) bond motifs is 1. The first-order chi connectivity index (χ1) is 8.65. The zero-order valence-electron chi connectivity index (χ0n) is 8.81. The van der Waals surface area contributed by atoms with Crippen LogP contribution in [0.4, 0.5) is 4.39 Å². The highest BCUT2D eigenvalue weighted by atomic mass is 35.5. The van der Waals surface area contributed by atoms with Crippen LogP contribution >= 0.6 is 23.2 Å². The summed E-state index contributed by atoms with van der Waals surface area (Å²) in [5.41, 5.74) is 1.17. The van der Waals surface area contributed by atoms with Crippen molar-refractivity contribution in [2.24, 2.45) is 0 Å². The van der Waals surface area contributed by atoms with E-state index in [0.717, 1.165) is 0 Å². The van der Waals surface area contributed by atoms with E-state index in [1.807, 2.05) is 0 Å². The standard InChI is InChI=1S/C11H5Cl2FN4/c12-7-5-6(1-2-8(7)14)11-16-15-10-4-3-9(13)17-18(10)11/h1-5H. The number of aromatic nitrogens is 4. The van der Waals surface area contributed by atoms with E-state index in [9.17, 15) is 4.39 Å². The third-order valence-electron chi connectivity index (χ3n) is 2.41. The summed E-state index contributed by atoms with van der Waals surface area (Å²) in [6.45, 7) is 0. The van der Waals surface area contributed by atoms with E-state index in [1.54, 1.807) is 18.2 Å². The molecule has 0 N–H and O–H groups in total. The molecule has 0 aliphatic heterocycles. The van der Waals surface area contributed by atoms with E-state index < -0.39 is 5.82 Å². The molecule has 0 fully saturated rings. The van der Waals surface area contributed by atoms with Gasteiger partial charge in [0.05, 0.1) is 5.02 Å². The summed E-state index contributed by atoms with van der Waals surface area (Å²) in [7, 11) is 0. The summed E-state index contributed by atoms with van der Waals surface area (Å²) < 4.78 is 14.6. The zero-order valence-corrected chi connectivity index (χ0v) is 10.3. The van der Waals surface area contributed by atoms with Crippen LogP contribution in [0.25, 0.3) is 17.0 Å². The third-order valence-corrected chi connectivity index (χ3v) is 2.90. The second-order valence-electron chi connectivity index (χ2n) is 3.58. The summed E-state index contributed by atoms with van der Waals surface area (Å²) in [5.74, 6) is -0.0328. The van der Waals surface area contributed by atoms with Gasteiger partial charge in [-0.15, -0.1) is 10.2 Å². The van der Waals surface area contributed by atoms with Crippen molar-refractivity contribution in [2.75, 3.05) is 0 Å². The molecule has 18 heavy (non-hydrogen) atoms. The molecule has 0 amide bonds. The lowest BCUT2D eigenvalue weighted by Gasteiger charge is -2.00. The Balaban J connectivity index is 2.24. The molecular weight excluding hydrogens is 278 g/mol. The number of benzene rings is 1. The second kappa shape index (κ2) is 4.19. The highest BCUT2D eigenvalue weighted by Gasteiger charge is 2.11. The maximum absolute atomic E-state index is 13.1. The normalized spacial score (nSPS) is 11.1. The first kappa shape index (κ1) is 11.4. The van der Waals surface area contributed by atoms with Gasteiger partial charge in [0.15, 0.2) is 11.5 Å². The minimum atomic E-state index is -0.486. The highest BCUT2D eigenvalue weighted by Crippen LogP contribution is 2.23. The van der Waals surface area contributed by atoms with Gasteiger partial charge in [-0.05, 0) is 30.3 Å². The molecule has 0 saturated carbocycles. The van der Waals surface area contributed by atoms with Crippen molar-refractivity contribution in [2.45, 2.75) is 0 Å². The Morgan fingerprint density at radius 1 is 1.06 bits per heavy atom. The fourth-order valence-corrected chi connectivity index (χ4v) is 1.90. The van der Waals surface area contributed by atoms with E-state index in [1.165, 1.54) is 16.6 Å². The van der Waals surface area contributed by atoms with E-state index in [0.29, 0.717) is 22.2 Å². The molecule has 2 heterocycles. The predicted molar refractivity (Wildman–Crippen MR) is 66.2 cm³/mol. The third kappa shape index (κ3) is 1.81. The summed E-state index contributed by atoms with van der Waals surface area (Å²) in [6.07, 6.45) is 0. The van der Waals surface area contributed by atoms with Crippen molar-refractivity contribution < 1.29 is 4.39 Å². The van der Waals surface area contributed by atoms with Crippen molar-refractivity contribution in [3.8, 4) is 11.4 Å². The largest absolute Gasteiger partial charge is 0.205 e. The van der Waals surface area contributed by atoms with Crippen molar-refractivity contribution in [1.29, 1.82) is 0 Å². The lowest BCUT2D eigenvalue weighted by Crippen LogP contribution is -1.95. The monoisotopic (exact) mass is 282 g/mol. The Kier molecular flexibility index (Phi) is 2.65. The fraction of sp³-hybridized carbons (Fsp3) is 0. The Bertz CT molecular complexity index is 741. The van der Waals surface area contributed by atoms with Crippen LogP contribution in [0.3, 0.4) is 0 Å². The molecule has 0 saturated heterocycles. The van der Waals surface area contributed by atoms with Crippen LogP contribution in [-0.2, 0) is 0 Å². The SMILES string of the molecule is Fc1ccc(-c2nnc3ccc(Cl)nn23)cc1Cl. The highest BCUT2D eigenvalue weighted by molar-refractivity contribution is 6.31. The molecule has 0 radical (unpaired) electrons. The van der Waals surface area contributed by atoms with Gasteiger partial charge in [0.1, 0.15) is 11.0 Å². The van der Waals surface area contributed by atoms with Crippen molar-refractivity contribution in [3.63, 3.8) is 0 Å². The number of hydrogen-bond donors (Lipinski definition) is 0. The van der Waals surface area contributed by atoms with E-state index in [-0.39, 0.29) is 5.02 Å². The molecule has 0 aliphatic rings. The van der Waals surface area contributed by atoms with Crippen LogP contribution in [0.5, 0.6) is 0 Å². The van der Waals surface area contributed by atoms with Gasteiger partial charge in [0, 0.05) is 5.56 Å². The molecule has 0 unspecified atom stereocenters. The first-order valence-electron chi connectivity index (χ1n) is 4.98. The van der Waals surface area contributed by atoms with E-state index in [4.69, 9.17) is 23.2 Å². The van der Waals surface area contributed by atoms with Crippen LogP contribution in [0.1, 0.15) is 0 Å². The number of nitrogens with zero attached hydrogens (tertiary/aromatic N) is 4. The number of halogens is 3. The van der Waals surface area contributed by atoms with Gasteiger partial charge in [0.25, 0.3) is 0 Å². The van der Waals surface area contributed by atoms with Gasteiger partial charge in [-0.3, -0.25) is 0 Å². The Hall–Kier alpha value is -1.72. The minimum absolute atomic E-state index is 0.0197. The molecular formula is C11H5Cl2FN4. The maximum Gasteiger partial charge on any atom is 0.185 e.